The van der Waals surface area contributed by atoms with Gasteiger partial charge in [0, 0.05) is 12.5 Å². The fourth-order valence-corrected chi connectivity index (χ4v) is 1.07. The lowest BCUT2D eigenvalue weighted by atomic mass is 9.95. The Morgan fingerprint density at radius 1 is 1.19 bits per heavy atom. The molecule has 94 valence electrons. The van der Waals surface area contributed by atoms with Crippen molar-refractivity contribution >= 4 is 11.9 Å². The van der Waals surface area contributed by atoms with Crippen molar-refractivity contribution < 1.29 is 19.4 Å². The molecule has 0 aromatic heterocycles. The summed E-state index contributed by atoms with van der Waals surface area (Å²) in [4.78, 5) is 22.2. The molecule has 0 aliphatic rings. The Bertz CT molecular complexity index is 240. The predicted molar refractivity (Wildman–Crippen MR) is 60.1 cm³/mol. The lowest BCUT2D eigenvalue weighted by Crippen LogP contribution is -2.37. The monoisotopic (exact) mass is 231 g/mol. The number of carboxylic acids is 1. The minimum absolute atomic E-state index is 0.132. The topological polar surface area (TPSA) is 75.6 Å². The van der Waals surface area contributed by atoms with Crippen molar-refractivity contribution in [3.63, 3.8) is 0 Å². The SMILES string of the molecule is CC(C)OCCNC(=O)C(C)C(C)C(=O)O. The zero-order valence-corrected chi connectivity index (χ0v) is 10.3. The van der Waals surface area contributed by atoms with Gasteiger partial charge in [0.25, 0.3) is 0 Å². The second-order valence-corrected chi connectivity index (χ2v) is 4.13. The highest BCUT2D eigenvalue weighted by Crippen LogP contribution is 2.10. The van der Waals surface area contributed by atoms with Gasteiger partial charge < -0.3 is 15.2 Å². The summed E-state index contributed by atoms with van der Waals surface area (Å²) in [6.07, 6.45) is 0.132. The molecule has 16 heavy (non-hydrogen) atoms. The van der Waals surface area contributed by atoms with Crippen LogP contribution in [0.2, 0.25) is 0 Å². The Kier molecular flexibility index (Phi) is 6.72. The third-order valence-corrected chi connectivity index (χ3v) is 2.41. The van der Waals surface area contributed by atoms with Gasteiger partial charge in [-0.1, -0.05) is 13.8 Å². The summed E-state index contributed by atoms with van der Waals surface area (Å²) in [7, 11) is 0. The predicted octanol–water partition coefficient (Wildman–Crippen LogP) is 0.884. The third-order valence-electron chi connectivity index (χ3n) is 2.41. The highest BCUT2D eigenvalue weighted by Gasteiger charge is 2.25. The van der Waals surface area contributed by atoms with Crippen LogP contribution >= 0.6 is 0 Å². The maximum Gasteiger partial charge on any atom is 0.307 e. The number of amides is 1. The first-order chi connectivity index (χ1) is 7.36. The highest BCUT2D eigenvalue weighted by atomic mass is 16.5. The van der Waals surface area contributed by atoms with Gasteiger partial charge in [-0.2, -0.15) is 0 Å². The largest absolute Gasteiger partial charge is 0.481 e. The van der Waals surface area contributed by atoms with E-state index in [0.29, 0.717) is 13.2 Å². The number of hydrogen-bond acceptors (Lipinski definition) is 3. The average molecular weight is 231 g/mol. The number of carbonyl (C=O) groups is 2. The van der Waals surface area contributed by atoms with Crippen molar-refractivity contribution in [2.75, 3.05) is 13.2 Å². The zero-order valence-electron chi connectivity index (χ0n) is 10.3. The number of carboxylic acid groups (broad SMARTS) is 1. The maximum absolute atomic E-state index is 11.5. The summed E-state index contributed by atoms with van der Waals surface area (Å²) in [5.41, 5.74) is 0. The molecule has 0 fully saturated rings. The number of rotatable bonds is 7. The van der Waals surface area contributed by atoms with Crippen LogP contribution in [0.3, 0.4) is 0 Å². The molecule has 0 aromatic carbocycles. The van der Waals surface area contributed by atoms with Crippen molar-refractivity contribution in [1.29, 1.82) is 0 Å². The van der Waals surface area contributed by atoms with Crippen LogP contribution in [0.1, 0.15) is 27.7 Å². The van der Waals surface area contributed by atoms with E-state index in [0.717, 1.165) is 0 Å². The van der Waals surface area contributed by atoms with Gasteiger partial charge in [-0.05, 0) is 13.8 Å². The van der Waals surface area contributed by atoms with E-state index in [4.69, 9.17) is 9.84 Å². The second-order valence-electron chi connectivity index (χ2n) is 4.13. The molecule has 2 atom stereocenters. The van der Waals surface area contributed by atoms with Crippen LogP contribution < -0.4 is 5.32 Å². The van der Waals surface area contributed by atoms with Gasteiger partial charge in [0.15, 0.2) is 0 Å². The van der Waals surface area contributed by atoms with Gasteiger partial charge in [0.1, 0.15) is 0 Å². The normalized spacial score (nSPS) is 14.6. The fraction of sp³-hybridized carbons (Fsp3) is 0.818. The Balaban J connectivity index is 3.84. The molecule has 5 nitrogen and oxygen atoms in total. The number of ether oxygens (including phenoxy) is 1. The van der Waals surface area contributed by atoms with E-state index in [1.807, 2.05) is 13.8 Å². The number of nitrogens with one attached hydrogen (secondary N) is 1. The van der Waals surface area contributed by atoms with Crippen molar-refractivity contribution in [2.24, 2.45) is 11.8 Å². The fourth-order valence-electron chi connectivity index (χ4n) is 1.07. The van der Waals surface area contributed by atoms with Gasteiger partial charge in [-0.25, -0.2) is 0 Å². The molecule has 0 spiro atoms. The van der Waals surface area contributed by atoms with Gasteiger partial charge in [0.2, 0.25) is 5.91 Å². The Morgan fingerprint density at radius 2 is 1.75 bits per heavy atom. The van der Waals surface area contributed by atoms with Crippen LogP contribution in [0.25, 0.3) is 0 Å². The molecule has 0 aromatic rings. The number of aliphatic carboxylic acids is 1. The molecule has 2 unspecified atom stereocenters. The van der Waals surface area contributed by atoms with E-state index in [1.54, 1.807) is 6.92 Å². The number of hydrogen-bond donors (Lipinski definition) is 2. The second kappa shape index (κ2) is 7.22. The van der Waals surface area contributed by atoms with Crippen LogP contribution in [0.4, 0.5) is 0 Å². The number of carbonyl (C=O) groups excluding carboxylic acids is 1. The third kappa shape index (κ3) is 5.70. The molecule has 0 aliphatic carbocycles. The average Bonchev–Trinajstić information content (AvgIpc) is 2.21. The summed E-state index contributed by atoms with van der Waals surface area (Å²) >= 11 is 0. The standard InChI is InChI=1S/C11H21NO4/c1-7(2)16-6-5-12-10(13)8(3)9(4)11(14)15/h7-9H,5-6H2,1-4H3,(H,12,13)(H,14,15). The first-order valence-corrected chi connectivity index (χ1v) is 5.48. The summed E-state index contributed by atoms with van der Waals surface area (Å²) < 4.78 is 5.25. The lowest BCUT2D eigenvalue weighted by Gasteiger charge is -2.16. The van der Waals surface area contributed by atoms with Crippen LogP contribution in [-0.4, -0.2) is 36.2 Å². The molecule has 2 N–H and O–H groups in total. The van der Waals surface area contributed by atoms with Crippen molar-refractivity contribution in [1.82, 2.24) is 5.32 Å². The van der Waals surface area contributed by atoms with Gasteiger partial charge in [0.05, 0.1) is 18.6 Å². The van der Waals surface area contributed by atoms with E-state index >= 15 is 0 Å². The van der Waals surface area contributed by atoms with Crippen LogP contribution in [0, 0.1) is 11.8 Å². The van der Waals surface area contributed by atoms with Crippen molar-refractivity contribution in [2.45, 2.75) is 33.8 Å². The van der Waals surface area contributed by atoms with Gasteiger partial charge in [-0.3, -0.25) is 9.59 Å². The summed E-state index contributed by atoms with van der Waals surface area (Å²) in [5, 5.41) is 11.4. The molecule has 0 heterocycles. The molecule has 0 aliphatic heterocycles. The smallest absolute Gasteiger partial charge is 0.307 e. The Hall–Kier alpha value is -1.10. The summed E-state index contributed by atoms with van der Waals surface area (Å²) in [6.45, 7) is 7.81. The minimum Gasteiger partial charge on any atom is -0.481 e. The van der Waals surface area contributed by atoms with Crippen LogP contribution in [0.15, 0.2) is 0 Å². The molecule has 0 saturated carbocycles. The quantitative estimate of drug-likeness (QED) is 0.638. The first kappa shape index (κ1) is 14.9. The van der Waals surface area contributed by atoms with Crippen molar-refractivity contribution in [3.8, 4) is 0 Å². The Morgan fingerprint density at radius 3 is 2.19 bits per heavy atom. The highest BCUT2D eigenvalue weighted by molar-refractivity contribution is 5.84. The molecule has 5 heteroatoms. The van der Waals surface area contributed by atoms with Gasteiger partial charge >= 0.3 is 5.97 Å². The molecule has 0 radical (unpaired) electrons. The summed E-state index contributed by atoms with van der Waals surface area (Å²) in [5.74, 6) is -2.41. The first-order valence-electron chi connectivity index (χ1n) is 5.48. The minimum atomic E-state index is -0.957. The van der Waals surface area contributed by atoms with Crippen LogP contribution in [-0.2, 0) is 14.3 Å². The Labute approximate surface area is 96.2 Å². The van der Waals surface area contributed by atoms with Crippen LogP contribution in [0.5, 0.6) is 0 Å². The van der Waals surface area contributed by atoms with Gasteiger partial charge in [-0.15, -0.1) is 0 Å². The lowest BCUT2D eigenvalue weighted by molar-refractivity contribution is -0.146. The molecular formula is C11H21NO4. The summed E-state index contributed by atoms with van der Waals surface area (Å²) in [6, 6.07) is 0. The molecule has 0 bridgehead atoms. The van der Waals surface area contributed by atoms with E-state index in [1.165, 1.54) is 6.92 Å². The zero-order chi connectivity index (χ0) is 12.7. The maximum atomic E-state index is 11.5. The van der Waals surface area contributed by atoms with E-state index in [2.05, 4.69) is 5.32 Å². The van der Waals surface area contributed by atoms with E-state index in [-0.39, 0.29) is 12.0 Å². The van der Waals surface area contributed by atoms with E-state index in [9.17, 15) is 9.59 Å². The molecular weight excluding hydrogens is 210 g/mol. The van der Waals surface area contributed by atoms with E-state index < -0.39 is 17.8 Å². The van der Waals surface area contributed by atoms with Crippen molar-refractivity contribution in [3.05, 3.63) is 0 Å². The molecule has 1 amide bonds. The molecule has 0 rings (SSSR count). The molecule has 0 saturated heterocycles.